The lowest BCUT2D eigenvalue weighted by Gasteiger charge is -2.15. The molecule has 2 N–H and O–H groups in total. The van der Waals surface area contributed by atoms with Gasteiger partial charge in [-0.15, -0.1) is 11.6 Å². The smallest absolute Gasteiger partial charge is 0.0349 e. The Morgan fingerprint density at radius 2 is 2.08 bits per heavy atom. The van der Waals surface area contributed by atoms with Crippen LogP contribution in [0.15, 0.2) is 24.3 Å². The largest absolute Gasteiger partial charge is 0.398 e. The number of nitrogens with two attached hydrogens (primary N) is 1. The van der Waals surface area contributed by atoms with Gasteiger partial charge in [0.15, 0.2) is 0 Å². The second kappa shape index (κ2) is 5.13. The third kappa shape index (κ3) is 2.63. The SMILES string of the molecule is CCCC(CCl)c1ccccc1N. The van der Waals surface area contributed by atoms with Crippen LogP contribution in [0.1, 0.15) is 31.2 Å². The highest BCUT2D eigenvalue weighted by Crippen LogP contribution is 2.27. The van der Waals surface area contributed by atoms with Crippen molar-refractivity contribution in [1.82, 2.24) is 0 Å². The fraction of sp³-hybridized carbons (Fsp3) is 0.455. The molecular weight excluding hydrogens is 182 g/mol. The molecule has 0 aliphatic rings. The number of nitrogen functional groups attached to an aromatic ring is 1. The molecule has 0 bridgehead atoms. The van der Waals surface area contributed by atoms with Crippen LogP contribution in [0.4, 0.5) is 5.69 Å². The first-order chi connectivity index (χ1) is 6.29. The van der Waals surface area contributed by atoms with E-state index in [9.17, 15) is 0 Å². The van der Waals surface area contributed by atoms with Crippen molar-refractivity contribution in [3.63, 3.8) is 0 Å². The summed E-state index contributed by atoms with van der Waals surface area (Å²) in [7, 11) is 0. The molecule has 0 amide bonds. The molecule has 1 rings (SSSR count). The van der Waals surface area contributed by atoms with Crippen LogP contribution in [0, 0.1) is 0 Å². The van der Waals surface area contributed by atoms with Gasteiger partial charge in [-0.3, -0.25) is 0 Å². The summed E-state index contributed by atoms with van der Waals surface area (Å²) < 4.78 is 0. The standard InChI is InChI=1S/C11H16ClN/c1-2-5-9(8-12)10-6-3-4-7-11(10)13/h3-4,6-7,9H,2,5,8,13H2,1H3. The van der Waals surface area contributed by atoms with E-state index in [1.807, 2.05) is 18.2 Å². The van der Waals surface area contributed by atoms with Gasteiger partial charge in [-0.25, -0.2) is 0 Å². The normalized spacial score (nSPS) is 12.8. The van der Waals surface area contributed by atoms with Crippen molar-refractivity contribution < 1.29 is 0 Å². The van der Waals surface area contributed by atoms with Gasteiger partial charge in [0, 0.05) is 11.6 Å². The number of hydrogen-bond acceptors (Lipinski definition) is 1. The topological polar surface area (TPSA) is 26.0 Å². The van der Waals surface area contributed by atoms with Crippen LogP contribution in [-0.4, -0.2) is 5.88 Å². The summed E-state index contributed by atoms with van der Waals surface area (Å²) in [6.45, 7) is 2.17. The van der Waals surface area contributed by atoms with Crippen molar-refractivity contribution in [2.24, 2.45) is 0 Å². The molecule has 0 aromatic heterocycles. The molecule has 1 aromatic carbocycles. The Morgan fingerprint density at radius 1 is 1.38 bits per heavy atom. The maximum absolute atomic E-state index is 5.90. The van der Waals surface area contributed by atoms with Crippen LogP contribution in [0.2, 0.25) is 0 Å². The van der Waals surface area contributed by atoms with Crippen molar-refractivity contribution in [3.8, 4) is 0 Å². The van der Waals surface area contributed by atoms with Crippen molar-refractivity contribution >= 4 is 17.3 Å². The van der Waals surface area contributed by atoms with Crippen molar-refractivity contribution in [1.29, 1.82) is 0 Å². The van der Waals surface area contributed by atoms with E-state index in [2.05, 4.69) is 13.0 Å². The average molecular weight is 198 g/mol. The molecule has 0 aliphatic carbocycles. The zero-order valence-electron chi connectivity index (χ0n) is 7.96. The fourth-order valence-electron chi connectivity index (χ4n) is 1.55. The first-order valence-electron chi connectivity index (χ1n) is 4.70. The first kappa shape index (κ1) is 10.4. The van der Waals surface area contributed by atoms with Crippen LogP contribution >= 0.6 is 11.6 Å². The lowest BCUT2D eigenvalue weighted by molar-refractivity contribution is 0.672. The monoisotopic (exact) mass is 197 g/mol. The van der Waals surface area contributed by atoms with Gasteiger partial charge in [0.25, 0.3) is 0 Å². The molecule has 0 spiro atoms. The summed E-state index contributed by atoms with van der Waals surface area (Å²) in [6.07, 6.45) is 2.25. The third-order valence-corrected chi connectivity index (χ3v) is 2.63. The van der Waals surface area contributed by atoms with Crippen molar-refractivity contribution in [2.45, 2.75) is 25.7 Å². The molecule has 2 heteroatoms. The predicted octanol–water partition coefficient (Wildman–Crippen LogP) is 3.39. The maximum atomic E-state index is 5.90. The third-order valence-electron chi connectivity index (χ3n) is 2.26. The van der Waals surface area contributed by atoms with Crippen LogP contribution in [0.3, 0.4) is 0 Å². The quantitative estimate of drug-likeness (QED) is 0.581. The second-order valence-corrected chi connectivity index (χ2v) is 3.58. The van der Waals surface area contributed by atoms with E-state index in [-0.39, 0.29) is 0 Å². The van der Waals surface area contributed by atoms with Crippen LogP contribution < -0.4 is 5.73 Å². The number of halogens is 1. The van der Waals surface area contributed by atoms with E-state index in [1.165, 1.54) is 5.56 Å². The maximum Gasteiger partial charge on any atom is 0.0349 e. The second-order valence-electron chi connectivity index (χ2n) is 3.27. The summed E-state index contributed by atoms with van der Waals surface area (Å²) in [5, 5.41) is 0. The van der Waals surface area contributed by atoms with Crippen LogP contribution in [-0.2, 0) is 0 Å². The summed E-state index contributed by atoms with van der Waals surface area (Å²) in [5.41, 5.74) is 7.93. The first-order valence-corrected chi connectivity index (χ1v) is 5.23. The van der Waals surface area contributed by atoms with Gasteiger partial charge in [-0.05, 0) is 24.0 Å². The Bertz CT molecular complexity index is 260. The highest BCUT2D eigenvalue weighted by molar-refractivity contribution is 6.18. The summed E-state index contributed by atoms with van der Waals surface area (Å²) in [6, 6.07) is 7.97. The molecule has 0 saturated carbocycles. The summed E-state index contributed by atoms with van der Waals surface area (Å²) >= 11 is 5.90. The average Bonchev–Trinajstić information content (AvgIpc) is 2.16. The zero-order chi connectivity index (χ0) is 9.68. The molecule has 13 heavy (non-hydrogen) atoms. The minimum Gasteiger partial charge on any atom is -0.398 e. The lowest BCUT2D eigenvalue weighted by atomic mass is 9.95. The molecule has 1 aromatic rings. The number of rotatable bonds is 4. The highest BCUT2D eigenvalue weighted by Gasteiger charge is 2.11. The van der Waals surface area contributed by atoms with Gasteiger partial charge in [0.1, 0.15) is 0 Å². The Balaban J connectivity index is 2.84. The van der Waals surface area contributed by atoms with E-state index in [4.69, 9.17) is 17.3 Å². The lowest BCUT2D eigenvalue weighted by Crippen LogP contribution is -2.03. The number of alkyl halides is 1. The van der Waals surface area contributed by atoms with Gasteiger partial charge < -0.3 is 5.73 Å². The van der Waals surface area contributed by atoms with Gasteiger partial charge >= 0.3 is 0 Å². The van der Waals surface area contributed by atoms with E-state index in [0.717, 1.165) is 18.5 Å². The molecule has 1 unspecified atom stereocenters. The van der Waals surface area contributed by atoms with Crippen molar-refractivity contribution in [3.05, 3.63) is 29.8 Å². The Hall–Kier alpha value is -0.690. The molecule has 0 heterocycles. The van der Waals surface area contributed by atoms with Gasteiger partial charge in [-0.1, -0.05) is 31.5 Å². The molecule has 72 valence electrons. The van der Waals surface area contributed by atoms with Gasteiger partial charge in [0.2, 0.25) is 0 Å². The summed E-state index contributed by atoms with van der Waals surface area (Å²) in [5.74, 6) is 1.06. The highest BCUT2D eigenvalue weighted by atomic mass is 35.5. The predicted molar refractivity (Wildman–Crippen MR) is 59.2 cm³/mol. The van der Waals surface area contributed by atoms with Crippen LogP contribution in [0.5, 0.6) is 0 Å². The molecule has 0 saturated heterocycles. The minimum absolute atomic E-state index is 0.410. The molecule has 0 fully saturated rings. The summed E-state index contributed by atoms with van der Waals surface area (Å²) in [4.78, 5) is 0. The van der Waals surface area contributed by atoms with Crippen LogP contribution in [0.25, 0.3) is 0 Å². The molecule has 1 atom stereocenters. The number of hydrogen-bond donors (Lipinski definition) is 1. The molecule has 0 radical (unpaired) electrons. The minimum atomic E-state index is 0.410. The zero-order valence-corrected chi connectivity index (χ0v) is 8.72. The number of anilines is 1. The van der Waals surface area contributed by atoms with E-state index < -0.39 is 0 Å². The van der Waals surface area contributed by atoms with E-state index in [1.54, 1.807) is 0 Å². The molecule has 0 aliphatic heterocycles. The fourth-order valence-corrected chi connectivity index (χ4v) is 1.87. The number of para-hydroxylation sites is 1. The van der Waals surface area contributed by atoms with Crippen molar-refractivity contribution in [2.75, 3.05) is 11.6 Å². The van der Waals surface area contributed by atoms with E-state index in [0.29, 0.717) is 11.8 Å². The van der Waals surface area contributed by atoms with Gasteiger partial charge in [0.05, 0.1) is 0 Å². The Kier molecular flexibility index (Phi) is 4.10. The van der Waals surface area contributed by atoms with Gasteiger partial charge in [-0.2, -0.15) is 0 Å². The Labute approximate surface area is 84.9 Å². The molecule has 1 nitrogen and oxygen atoms in total. The Morgan fingerprint density at radius 3 is 2.62 bits per heavy atom. The number of benzene rings is 1. The molecular formula is C11H16ClN. The van der Waals surface area contributed by atoms with E-state index >= 15 is 0 Å².